The van der Waals surface area contributed by atoms with Crippen LogP contribution in [0.25, 0.3) is 11.1 Å². The lowest BCUT2D eigenvalue weighted by molar-refractivity contribution is -2.00. The van der Waals surface area contributed by atoms with Crippen molar-refractivity contribution in [2.75, 3.05) is 6.61 Å². The van der Waals surface area contributed by atoms with Gasteiger partial charge in [0.2, 0.25) is 16.6 Å². The average molecular weight is 525 g/mol. The zero-order valence-corrected chi connectivity index (χ0v) is 20.6. The molecular weight excluding hydrogens is 500 g/mol. The number of hydrogen-bond donors (Lipinski definition) is 1. The molecule has 35 heavy (non-hydrogen) atoms. The van der Waals surface area contributed by atoms with Crippen LogP contribution in [0.4, 0.5) is 0 Å². The van der Waals surface area contributed by atoms with E-state index in [9.17, 15) is 13.2 Å². The first-order valence-corrected chi connectivity index (χ1v) is 13.0. The third kappa shape index (κ3) is 10.1. The van der Waals surface area contributed by atoms with Gasteiger partial charge < -0.3 is 4.74 Å². The summed E-state index contributed by atoms with van der Waals surface area (Å²) in [6, 6.07) is 20.4. The normalized spacial score (nSPS) is 11.4. The molecule has 0 saturated carbocycles. The molecule has 10 nitrogen and oxygen atoms in total. The van der Waals surface area contributed by atoms with E-state index in [4.69, 9.17) is 28.5 Å². The van der Waals surface area contributed by atoms with Crippen molar-refractivity contribution in [3.05, 3.63) is 83.7 Å². The molecule has 1 aromatic heterocycles. The Balaban J connectivity index is 0.000000784. The molecule has 0 unspecified atom stereocenters. The summed E-state index contributed by atoms with van der Waals surface area (Å²) >= 11 is 0. The molecular formula is C23H25ClN2O8S. The van der Waals surface area contributed by atoms with Crippen molar-refractivity contribution in [1.82, 2.24) is 0 Å². The molecule has 0 saturated heterocycles. The first-order chi connectivity index (χ1) is 16.2. The van der Waals surface area contributed by atoms with E-state index in [1.54, 1.807) is 12.1 Å². The van der Waals surface area contributed by atoms with E-state index in [2.05, 4.69) is 24.3 Å². The van der Waals surface area contributed by atoms with Gasteiger partial charge in [0.1, 0.15) is 0 Å². The maximum Gasteiger partial charge on any atom is 0.372 e. The fourth-order valence-electron chi connectivity index (χ4n) is 3.28. The third-order valence-electron chi connectivity index (χ3n) is 4.88. The van der Waals surface area contributed by atoms with E-state index in [-0.39, 0.29) is 24.0 Å². The SMILES string of the molecule is Cc1cc(-c2ccccc2)cc(C)[n+]1CC(=O)OCCc1ccc(S(N)(=O)=O)cc1.[O-][Cl+3]([O-])([O-])[O-]. The molecule has 0 spiro atoms. The Labute approximate surface area is 205 Å². The summed E-state index contributed by atoms with van der Waals surface area (Å²) in [5.74, 6) is -0.320. The lowest BCUT2D eigenvalue weighted by Crippen LogP contribution is -2.68. The second kappa shape index (κ2) is 12.2. The smallest absolute Gasteiger partial charge is 0.372 e. The summed E-state index contributed by atoms with van der Waals surface area (Å²) in [4.78, 5) is 12.4. The number of esters is 1. The lowest BCUT2D eigenvalue weighted by Gasteiger charge is -2.17. The minimum Gasteiger partial charge on any atom is -0.461 e. The number of halogens is 1. The predicted octanol–water partition coefficient (Wildman–Crippen LogP) is -2.06. The minimum absolute atomic E-state index is 0.0598. The number of hydrogen-bond acceptors (Lipinski definition) is 8. The van der Waals surface area contributed by atoms with Crippen LogP contribution in [0.3, 0.4) is 0 Å². The summed E-state index contributed by atoms with van der Waals surface area (Å²) in [6.45, 7) is 4.30. The summed E-state index contributed by atoms with van der Waals surface area (Å²) in [6.07, 6.45) is 0.492. The Kier molecular flexibility index (Phi) is 9.86. The van der Waals surface area contributed by atoms with Crippen molar-refractivity contribution in [1.29, 1.82) is 0 Å². The van der Waals surface area contributed by atoms with Gasteiger partial charge in [0.05, 0.1) is 11.5 Å². The highest BCUT2D eigenvalue weighted by Gasteiger charge is 2.18. The number of sulfonamides is 1. The van der Waals surface area contributed by atoms with Gasteiger partial charge >= 0.3 is 5.97 Å². The molecule has 3 rings (SSSR count). The van der Waals surface area contributed by atoms with Crippen molar-refractivity contribution < 1.29 is 51.4 Å². The first kappa shape index (κ1) is 28.3. The molecule has 0 aliphatic heterocycles. The number of primary sulfonamides is 1. The standard InChI is InChI=1S/C23H25N2O4S.ClHO4/c1-17-14-21(20-6-4-3-5-7-20)15-18(2)25(17)16-23(26)29-13-12-19-8-10-22(11-9-19)30(24,27)28;2-1(3,4)5/h3-11,14-15H,12-13,16H2,1-2H3,(H2,24,27,28);(H,2,3,4,5)/q+1;/p-1. The number of benzene rings is 2. The first-order valence-electron chi connectivity index (χ1n) is 10.2. The molecule has 0 fully saturated rings. The molecule has 3 aromatic rings. The van der Waals surface area contributed by atoms with Crippen molar-refractivity contribution in [2.45, 2.75) is 31.7 Å². The molecule has 188 valence electrons. The Bertz CT molecular complexity index is 1220. The maximum atomic E-state index is 12.3. The van der Waals surface area contributed by atoms with Gasteiger partial charge in [0.25, 0.3) is 0 Å². The van der Waals surface area contributed by atoms with Crippen LogP contribution in [0.5, 0.6) is 0 Å². The Hall–Kier alpha value is -2.90. The highest BCUT2D eigenvalue weighted by Crippen LogP contribution is 2.19. The van der Waals surface area contributed by atoms with Gasteiger partial charge in [0, 0.05) is 32.4 Å². The number of nitrogens with two attached hydrogens (primary N) is 1. The van der Waals surface area contributed by atoms with Crippen molar-refractivity contribution in [3.63, 3.8) is 0 Å². The van der Waals surface area contributed by atoms with Gasteiger partial charge in [-0.2, -0.15) is 4.57 Å². The molecule has 0 amide bonds. The number of nitrogens with zero attached hydrogens (tertiary/aromatic N) is 1. The minimum atomic E-state index is -4.94. The van der Waals surface area contributed by atoms with E-state index >= 15 is 0 Å². The number of pyridine rings is 1. The van der Waals surface area contributed by atoms with Crippen LogP contribution in [0.2, 0.25) is 0 Å². The molecule has 0 atom stereocenters. The molecule has 12 heteroatoms. The molecule has 0 bridgehead atoms. The molecule has 2 N–H and O–H groups in total. The number of aromatic nitrogens is 1. The highest BCUT2D eigenvalue weighted by atomic mass is 35.7. The summed E-state index contributed by atoms with van der Waals surface area (Å²) < 4.78 is 63.8. The van der Waals surface area contributed by atoms with Gasteiger partial charge in [-0.1, -0.05) is 42.5 Å². The molecule has 1 heterocycles. The largest absolute Gasteiger partial charge is 0.461 e. The quantitative estimate of drug-likeness (QED) is 0.270. The van der Waals surface area contributed by atoms with E-state index in [1.165, 1.54) is 12.1 Å². The van der Waals surface area contributed by atoms with E-state index < -0.39 is 20.3 Å². The van der Waals surface area contributed by atoms with Crippen molar-refractivity contribution in [3.8, 4) is 11.1 Å². The van der Waals surface area contributed by atoms with Crippen LogP contribution in [0.1, 0.15) is 17.0 Å². The van der Waals surface area contributed by atoms with Gasteiger partial charge in [-0.15, -0.1) is 10.2 Å². The Morgan fingerprint density at radius 1 is 0.914 bits per heavy atom. The molecule has 0 radical (unpaired) electrons. The Morgan fingerprint density at radius 3 is 1.91 bits per heavy atom. The number of rotatable bonds is 7. The predicted molar refractivity (Wildman–Crippen MR) is 114 cm³/mol. The fourth-order valence-corrected chi connectivity index (χ4v) is 3.79. The zero-order chi connectivity index (χ0) is 26.2. The lowest BCUT2D eigenvalue weighted by atomic mass is 10.0. The number of carbonyl (C=O) groups excluding carboxylic acids is 1. The second-order valence-electron chi connectivity index (χ2n) is 7.52. The number of aryl methyl sites for hydroxylation is 2. The Morgan fingerprint density at radius 2 is 1.43 bits per heavy atom. The monoisotopic (exact) mass is 524 g/mol. The van der Waals surface area contributed by atoms with Gasteiger partial charge in [0.15, 0.2) is 11.4 Å². The fraction of sp³-hybridized carbons (Fsp3) is 0.217. The topological polar surface area (TPSA) is 183 Å². The van der Waals surface area contributed by atoms with Crippen LogP contribution in [-0.2, 0) is 32.5 Å². The van der Waals surface area contributed by atoms with Gasteiger partial charge in [-0.05, 0) is 28.8 Å². The summed E-state index contributed by atoms with van der Waals surface area (Å²) in [5, 5.41) is 5.09. The molecule has 0 aliphatic rings. The van der Waals surface area contributed by atoms with E-state index in [1.807, 2.05) is 36.6 Å². The summed E-state index contributed by atoms with van der Waals surface area (Å²) in [7, 11) is -8.65. The third-order valence-corrected chi connectivity index (χ3v) is 5.81. The van der Waals surface area contributed by atoms with Crippen molar-refractivity contribution >= 4 is 16.0 Å². The van der Waals surface area contributed by atoms with Gasteiger partial charge in [-0.25, -0.2) is 37.0 Å². The molecule has 2 aromatic carbocycles. The van der Waals surface area contributed by atoms with Crippen LogP contribution >= 0.6 is 0 Å². The van der Waals surface area contributed by atoms with Crippen LogP contribution in [0, 0.1) is 24.1 Å². The van der Waals surface area contributed by atoms with Gasteiger partial charge in [-0.3, -0.25) is 0 Å². The average Bonchev–Trinajstić information content (AvgIpc) is 2.75. The van der Waals surface area contributed by atoms with Crippen LogP contribution in [0.15, 0.2) is 71.6 Å². The summed E-state index contributed by atoms with van der Waals surface area (Å²) in [5.41, 5.74) is 5.06. The maximum absolute atomic E-state index is 12.3. The van der Waals surface area contributed by atoms with Crippen molar-refractivity contribution in [2.24, 2.45) is 5.14 Å². The number of ether oxygens (including phenoxy) is 1. The molecule has 0 aliphatic carbocycles. The van der Waals surface area contributed by atoms with Crippen LogP contribution < -0.4 is 28.3 Å². The number of carbonyl (C=O) groups is 1. The van der Waals surface area contributed by atoms with Crippen LogP contribution in [-0.4, -0.2) is 21.0 Å². The van der Waals surface area contributed by atoms with E-state index in [0.29, 0.717) is 6.42 Å². The van der Waals surface area contributed by atoms with E-state index in [0.717, 1.165) is 28.1 Å². The highest BCUT2D eigenvalue weighted by molar-refractivity contribution is 7.89. The zero-order valence-electron chi connectivity index (χ0n) is 19.0. The second-order valence-corrected chi connectivity index (χ2v) is 9.83.